The minimum absolute atomic E-state index is 0.154. The van der Waals surface area contributed by atoms with Crippen LogP contribution in [-0.2, 0) is 11.2 Å². The lowest BCUT2D eigenvalue weighted by Gasteiger charge is -2.06. The fourth-order valence-electron chi connectivity index (χ4n) is 1.42. The fourth-order valence-corrected chi connectivity index (χ4v) is 2.42. The van der Waals surface area contributed by atoms with Gasteiger partial charge in [-0.15, -0.1) is 11.3 Å². The van der Waals surface area contributed by atoms with Crippen molar-refractivity contribution >= 4 is 44.1 Å². The van der Waals surface area contributed by atoms with E-state index in [-0.39, 0.29) is 12.3 Å². The number of rotatable bonds is 3. The second kappa shape index (κ2) is 5.45. The lowest BCUT2D eigenvalue weighted by Crippen LogP contribution is -2.16. The minimum atomic E-state index is -0.154. The molecule has 0 atom stereocenters. The highest BCUT2D eigenvalue weighted by Gasteiger charge is 2.09. The summed E-state index contributed by atoms with van der Waals surface area (Å²) in [5.41, 5.74) is 7.08. The minimum Gasteiger partial charge on any atom is -0.375 e. The maximum absolute atomic E-state index is 11.8. The van der Waals surface area contributed by atoms with Gasteiger partial charge >= 0.3 is 0 Å². The molecule has 0 unspecified atom stereocenters. The molecule has 5 nitrogen and oxygen atoms in total. The zero-order valence-corrected chi connectivity index (χ0v) is 12.0. The standard InChI is InChI=1S/C11H11BrN4OS/c1-6-2-7(12)4-14-10(6)16-9(17)3-8-5-18-11(13)15-8/h2,4-5H,3H2,1H3,(H2,13,15)(H,14,16,17). The van der Waals surface area contributed by atoms with Gasteiger partial charge in [-0.3, -0.25) is 4.79 Å². The lowest BCUT2D eigenvalue weighted by molar-refractivity contribution is -0.115. The van der Waals surface area contributed by atoms with Crippen molar-refractivity contribution in [1.82, 2.24) is 9.97 Å². The van der Waals surface area contributed by atoms with Crippen LogP contribution in [0, 0.1) is 6.92 Å². The Morgan fingerprint density at radius 3 is 3.00 bits per heavy atom. The number of hydrogen-bond acceptors (Lipinski definition) is 5. The molecule has 0 aliphatic carbocycles. The van der Waals surface area contributed by atoms with Gasteiger partial charge < -0.3 is 11.1 Å². The molecule has 0 fully saturated rings. The third-order valence-electron chi connectivity index (χ3n) is 2.21. The normalized spacial score (nSPS) is 10.3. The summed E-state index contributed by atoms with van der Waals surface area (Å²) in [4.78, 5) is 20.0. The fraction of sp³-hybridized carbons (Fsp3) is 0.182. The number of aryl methyl sites for hydroxylation is 1. The first-order valence-electron chi connectivity index (χ1n) is 5.16. The second-order valence-electron chi connectivity index (χ2n) is 3.72. The van der Waals surface area contributed by atoms with Crippen LogP contribution in [0.4, 0.5) is 10.9 Å². The molecule has 0 saturated carbocycles. The van der Waals surface area contributed by atoms with Gasteiger partial charge in [-0.2, -0.15) is 0 Å². The molecule has 2 aromatic rings. The number of nitrogens with two attached hydrogens (primary N) is 1. The molecule has 0 spiro atoms. The summed E-state index contributed by atoms with van der Waals surface area (Å²) in [6.07, 6.45) is 1.84. The highest BCUT2D eigenvalue weighted by atomic mass is 79.9. The monoisotopic (exact) mass is 326 g/mol. The van der Waals surface area contributed by atoms with Gasteiger partial charge in [-0.05, 0) is 34.5 Å². The number of nitrogen functional groups attached to an aromatic ring is 1. The Balaban J connectivity index is 2.03. The van der Waals surface area contributed by atoms with E-state index in [1.54, 1.807) is 11.6 Å². The number of anilines is 2. The van der Waals surface area contributed by atoms with Crippen LogP contribution >= 0.6 is 27.3 Å². The molecule has 2 aromatic heterocycles. The van der Waals surface area contributed by atoms with Crippen LogP contribution in [0.2, 0.25) is 0 Å². The SMILES string of the molecule is Cc1cc(Br)cnc1NC(=O)Cc1csc(N)n1. The van der Waals surface area contributed by atoms with Crippen molar-refractivity contribution in [3.63, 3.8) is 0 Å². The number of hydrogen-bond donors (Lipinski definition) is 2. The Labute approximate surface area is 117 Å². The van der Waals surface area contributed by atoms with E-state index < -0.39 is 0 Å². The number of nitrogens with zero attached hydrogens (tertiary/aromatic N) is 2. The van der Waals surface area contributed by atoms with Gasteiger partial charge in [-0.1, -0.05) is 0 Å². The number of amides is 1. The van der Waals surface area contributed by atoms with Crippen molar-refractivity contribution in [2.24, 2.45) is 0 Å². The average Bonchev–Trinajstić information content (AvgIpc) is 2.68. The zero-order chi connectivity index (χ0) is 13.1. The highest BCUT2D eigenvalue weighted by Crippen LogP contribution is 2.17. The predicted molar refractivity (Wildman–Crippen MR) is 75.5 cm³/mol. The Bertz CT molecular complexity index is 584. The van der Waals surface area contributed by atoms with E-state index in [4.69, 9.17) is 5.73 Å². The summed E-state index contributed by atoms with van der Waals surface area (Å²) >= 11 is 4.64. The van der Waals surface area contributed by atoms with E-state index in [9.17, 15) is 4.79 Å². The van der Waals surface area contributed by atoms with Crippen LogP contribution in [0.15, 0.2) is 22.1 Å². The molecule has 0 aliphatic heterocycles. The molecule has 0 saturated heterocycles. The second-order valence-corrected chi connectivity index (χ2v) is 5.53. The number of pyridine rings is 1. The Morgan fingerprint density at radius 2 is 2.39 bits per heavy atom. The van der Waals surface area contributed by atoms with Crippen molar-refractivity contribution in [3.8, 4) is 0 Å². The average molecular weight is 327 g/mol. The molecule has 2 heterocycles. The number of carbonyl (C=O) groups is 1. The number of nitrogens with one attached hydrogen (secondary N) is 1. The Morgan fingerprint density at radius 1 is 1.61 bits per heavy atom. The van der Waals surface area contributed by atoms with Gasteiger partial charge in [0.05, 0.1) is 12.1 Å². The molecule has 94 valence electrons. The van der Waals surface area contributed by atoms with Crippen LogP contribution in [0.1, 0.15) is 11.3 Å². The predicted octanol–water partition coefficient (Wildman–Crippen LogP) is 2.37. The third kappa shape index (κ3) is 3.27. The molecule has 18 heavy (non-hydrogen) atoms. The van der Waals surface area contributed by atoms with Crippen molar-refractivity contribution in [3.05, 3.63) is 33.4 Å². The molecule has 0 aliphatic rings. The van der Waals surface area contributed by atoms with E-state index in [1.807, 2.05) is 13.0 Å². The van der Waals surface area contributed by atoms with Crippen molar-refractivity contribution in [2.45, 2.75) is 13.3 Å². The van der Waals surface area contributed by atoms with Gasteiger partial charge in [0.15, 0.2) is 5.13 Å². The molecule has 1 amide bonds. The van der Waals surface area contributed by atoms with Crippen LogP contribution in [-0.4, -0.2) is 15.9 Å². The van der Waals surface area contributed by atoms with Gasteiger partial charge in [0.25, 0.3) is 0 Å². The molecule has 7 heteroatoms. The molecule has 3 N–H and O–H groups in total. The van der Waals surface area contributed by atoms with Gasteiger partial charge in [-0.25, -0.2) is 9.97 Å². The van der Waals surface area contributed by atoms with Crippen LogP contribution in [0.25, 0.3) is 0 Å². The number of thiazole rings is 1. The van der Waals surface area contributed by atoms with E-state index in [2.05, 4.69) is 31.2 Å². The maximum atomic E-state index is 11.8. The quantitative estimate of drug-likeness (QED) is 0.907. The van der Waals surface area contributed by atoms with Crippen molar-refractivity contribution in [2.75, 3.05) is 11.1 Å². The Kier molecular flexibility index (Phi) is 3.93. The summed E-state index contributed by atoms with van der Waals surface area (Å²) in [5.74, 6) is 0.407. The molecular formula is C11H11BrN4OS. The van der Waals surface area contributed by atoms with E-state index in [0.717, 1.165) is 10.0 Å². The van der Waals surface area contributed by atoms with Crippen LogP contribution in [0.5, 0.6) is 0 Å². The number of aromatic nitrogens is 2. The summed E-state index contributed by atoms with van der Waals surface area (Å²) in [6, 6.07) is 1.89. The van der Waals surface area contributed by atoms with E-state index >= 15 is 0 Å². The first kappa shape index (κ1) is 13.0. The summed E-state index contributed by atoms with van der Waals surface area (Å²) in [6.45, 7) is 1.88. The third-order valence-corrected chi connectivity index (χ3v) is 3.37. The molecular weight excluding hydrogens is 316 g/mol. The first-order valence-corrected chi connectivity index (χ1v) is 6.84. The van der Waals surface area contributed by atoms with Crippen LogP contribution in [0.3, 0.4) is 0 Å². The van der Waals surface area contributed by atoms with E-state index in [0.29, 0.717) is 16.6 Å². The molecule has 2 rings (SSSR count). The van der Waals surface area contributed by atoms with Gasteiger partial charge in [0.1, 0.15) is 5.82 Å². The van der Waals surface area contributed by atoms with Crippen molar-refractivity contribution < 1.29 is 4.79 Å². The number of carbonyl (C=O) groups excluding carboxylic acids is 1. The largest absolute Gasteiger partial charge is 0.375 e. The smallest absolute Gasteiger partial charge is 0.231 e. The molecule has 0 bridgehead atoms. The maximum Gasteiger partial charge on any atom is 0.231 e. The number of halogens is 1. The zero-order valence-electron chi connectivity index (χ0n) is 9.61. The lowest BCUT2D eigenvalue weighted by atomic mass is 10.2. The van der Waals surface area contributed by atoms with Gasteiger partial charge in [0, 0.05) is 16.0 Å². The van der Waals surface area contributed by atoms with Crippen molar-refractivity contribution in [1.29, 1.82) is 0 Å². The summed E-state index contributed by atoms with van der Waals surface area (Å²) in [5, 5.41) is 4.99. The summed E-state index contributed by atoms with van der Waals surface area (Å²) < 4.78 is 0.880. The molecule has 0 radical (unpaired) electrons. The highest BCUT2D eigenvalue weighted by molar-refractivity contribution is 9.10. The topological polar surface area (TPSA) is 80.9 Å². The summed E-state index contributed by atoms with van der Waals surface area (Å²) in [7, 11) is 0. The Hall–Kier alpha value is -1.47. The van der Waals surface area contributed by atoms with E-state index in [1.165, 1.54) is 11.3 Å². The van der Waals surface area contributed by atoms with Crippen LogP contribution < -0.4 is 11.1 Å². The molecule has 0 aromatic carbocycles. The first-order chi connectivity index (χ1) is 8.54. The van der Waals surface area contributed by atoms with Gasteiger partial charge in [0.2, 0.25) is 5.91 Å².